The Labute approximate surface area is 172 Å². The molecule has 0 unspecified atom stereocenters. The second-order valence-corrected chi connectivity index (χ2v) is 10.0. The quantitative estimate of drug-likeness (QED) is 0.740. The molecule has 1 fully saturated rings. The monoisotopic (exact) mass is 422 g/mol. The van der Waals surface area contributed by atoms with Gasteiger partial charge in [0.25, 0.3) is 0 Å². The summed E-state index contributed by atoms with van der Waals surface area (Å²) in [6.07, 6.45) is 5.73. The first kappa shape index (κ1) is 21.6. The molecule has 2 aromatic heterocycles. The fourth-order valence-electron chi connectivity index (χ4n) is 3.88. The summed E-state index contributed by atoms with van der Waals surface area (Å²) in [6.45, 7) is 5.70. The molecule has 0 radical (unpaired) electrons. The molecule has 2 heterocycles. The number of rotatable bonds is 7. The van der Waals surface area contributed by atoms with E-state index in [1.54, 1.807) is 26.0 Å². The van der Waals surface area contributed by atoms with Crippen LogP contribution in [0.1, 0.15) is 49.8 Å². The molecule has 29 heavy (non-hydrogen) atoms. The highest BCUT2D eigenvalue weighted by atomic mass is 32.2. The van der Waals surface area contributed by atoms with Gasteiger partial charge in [-0.25, -0.2) is 8.42 Å². The standard InChI is InChI=1S/C20H30N4O4S/c1-14-7-9-17(10-8-14)21-19(25)13-24-16(3)20(15(2)22-24)29(26,27)23(4)12-18-6-5-11-28-18/h5-6,11,14,17H,7-10,12-13H2,1-4H3,(H,21,25). The van der Waals surface area contributed by atoms with Gasteiger partial charge in [0.15, 0.2) is 0 Å². The van der Waals surface area contributed by atoms with E-state index >= 15 is 0 Å². The van der Waals surface area contributed by atoms with E-state index < -0.39 is 10.0 Å². The normalized spacial score (nSPS) is 20.2. The maximum atomic E-state index is 13.1. The van der Waals surface area contributed by atoms with Crippen LogP contribution in [0.15, 0.2) is 27.7 Å². The Hall–Kier alpha value is -2.13. The van der Waals surface area contributed by atoms with Gasteiger partial charge in [-0.2, -0.15) is 9.40 Å². The Morgan fingerprint density at radius 1 is 1.31 bits per heavy atom. The van der Waals surface area contributed by atoms with E-state index in [0.717, 1.165) is 25.7 Å². The maximum Gasteiger partial charge on any atom is 0.246 e. The number of carbonyl (C=O) groups excluding carboxylic acids is 1. The van der Waals surface area contributed by atoms with Crippen LogP contribution in [0.2, 0.25) is 0 Å². The molecule has 1 amide bonds. The van der Waals surface area contributed by atoms with Crippen molar-refractivity contribution in [3.05, 3.63) is 35.5 Å². The summed E-state index contributed by atoms with van der Waals surface area (Å²) in [5.41, 5.74) is 0.842. The maximum absolute atomic E-state index is 13.1. The van der Waals surface area contributed by atoms with Crippen LogP contribution in [0.3, 0.4) is 0 Å². The third kappa shape index (κ3) is 4.90. The van der Waals surface area contributed by atoms with Gasteiger partial charge in [-0.15, -0.1) is 0 Å². The van der Waals surface area contributed by atoms with Crippen molar-refractivity contribution < 1.29 is 17.6 Å². The number of amides is 1. The minimum Gasteiger partial charge on any atom is -0.468 e. The van der Waals surface area contributed by atoms with Crippen molar-refractivity contribution in [1.29, 1.82) is 0 Å². The van der Waals surface area contributed by atoms with Crippen LogP contribution in [0.4, 0.5) is 0 Å². The molecule has 8 nitrogen and oxygen atoms in total. The van der Waals surface area contributed by atoms with Gasteiger partial charge in [0.1, 0.15) is 17.2 Å². The van der Waals surface area contributed by atoms with E-state index in [9.17, 15) is 13.2 Å². The molecule has 0 aliphatic heterocycles. The predicted octanol–water partition coefficient (Wildman–Crippen LogP) is 2.61. The van der Waals surface area contributed by atoms with E-state index in [2.05, 4.69) is 17.3 Å². The van der Waals surface area contributed by atoms with Crippen molar-refractivity contribution in [2.45, 2.75) is 70.5 Å². The van der Waals surface area contributed by atoms with Gasteiger partial charge in [-0.1, -0.05) is 6.92 Å². The zero-order chi connectivity index (χ0) is 21.2. The molecular formula is C20H30N4O4S. The molecule has 160 valence electrons. The Morgan fingerprint density at radius 3 is 2.62 bits per heavy atom. The van der Waals surface area contributed by atoms with E-state index in [1.165, 1.54) is 22.3 Å². The van der Waals surface area contributed by atoms with Crippen LogP contribution in [-0.4, -0.2) is 41.5 Å². The lowest BCUT2D eigenvalue weighted by molar-refractivity contribution is -0.122. The van der Waals surface area contributed by atoms with Crippen molar-refractivity contribution in [3.63, 3.8) is 0 Å². The average molecular weight is 423 g/mol. The zero-order valence-electron chi connectivity index (χ0n) is 17.5. The van der Waals surface area contributed by atoms with Crippen molar-refractivity contribution >= 4 is 15.9 Å². The summed E-state index contributed by atoms with van der Waals surface area (Å²) in [5.74, 6) is 1.13. The number of carbonyl (C=O) groups is 1. The number of nitrogens with one attached hydrogen (secondary N) is 1. The van der Waals surface area contributed by atoms with Gasteiger partial charge in [0, 0.05) is 13.1 Å². The molecule has 1 saturated carbocycles. The van der Waals surface area contributed by atoms with Crippen molar-refractivity contribution in [2.75, 3.05) is 7.05 Å². The molecule has 0 aromatic carbocycles. The SMILES string of the molecule is Cc1nn(CC(=O)NC2CCC(C)CC2)c(C)c1S(=O)(=O)N(C)Cc1ccco1. The van der Waals surface area contributed by atoms with Gasteiger partial charge < -0.3 is 9.73 Å². The van der Waals surface area contributed by atoms with E-state index in [1.807, 2.05) is 0 Å². The number of sulfonamides is 1. The predicted molar refractivity (Wildman–Crippen MR) is 109 cm³/mol. The van der Waals surface area contributed by atoms with Crippen molar-refractivity contribution in [2.24, 2.45) is 5.92 Å². The van der Waals surface area contributed by atoms with Crippen LogP contribution in [0, 0.1) is 19.8 Å². The highest BCUT2D eigenvalue weighted by Crippen LogP contribution is 2.25. The largest absolute Gasteiger partial charge is 0.468 e. The average Bonchev–Trinajstić information content (AvgIpc) is 3.25. The van der Waals surface area contributed by atoms with Crippen molar-refractivity contribution in [1.82, 2.24) is 19.4 Å². The molecule has 2 aromatic rings. The Kier molecular flexibility index (Phi) is 6.48. The lowest BCUT2D eigenvalue weighted by atomic mass is 9.87. The first-order valence-corrected chi connectivity index (χ1v) is 11.4. The summed E-state index contributed by atoms with van der Waals surface area (Å²) in [7, 11) is -2.26. The third-order valence-corrected chi connectivity index (χ3v) is 7.67. The molecule has 9 heteroatoms. The number of furan rings is 1. The summed E-state index contributed by atoms with van der Waals surface area (Å²) in [4.78, 5) is 12.6. The minimum atomic E-state index is -3.77. The van der Waals surface area contributed by atoms with E-state index in [0.29, 0.717) is 23.1 Å². The van der Waals surface area contributed by atoms with E-state index in [-0.39, 0.29) is 29.9 Å². The highest BCUT2D eigenvalue weighted by molar-refractivity contribution is 7.89. The van der Waals surface area contributed by atoms with Crippen LogP contribution in [-0.2, 0) is 27.9 Å². The Morgan fingerprint density at radius 2 is 2.00 bits per heavy atom. The molecule has 1 N–H and O–H groups in total. The van der Waals surface area contributed by atoms with E-state index in [4.69, 9.17) is 4.42 Å². The summed E-state index contributed by atoms with van der Waals surface area (Å²) < 4.78 is 34.1. The third-order valence-electron chi connectivity index (χ3n) is 5.62. The molecule has 1 aliphatic carbocycles. The minimum absolute atomic E-state index is 0.0101. The second-order valence-electron chi connectivity index (χ2n) is 8.02. The van der Waals surface area contributed by atoms with Crippen molar-refractivity contribution in [3.8, 4) is 0 Å². The highest BCUT2D eigenvalue weighted by Gasteiger charge is 2.30. The Balaban J connectivity index is 1.71. The molecular weight excluding hydrogens is 392 g/mol. The van der Waals surface area contributed by atoms with Gasteiger partial charge in [-0.05, 0) is 57.6 Å². The zero-order valence-corrected chi connectivity index (χ0v) is 18.3. The van der Waals surface area contributed by atoms with Gasteiger partial charge in [0.2, 0.25) is 15.9 Å². The first-order valence-electron chi connectivity index (χ1n) is 10.0. The number of nitrogens with zero attached hydrogens (tertiary/aromatic N) is 3. The van der Waals surface area contributed by atoms with Crippen LogP contribution in [0.5, 0.6) is 0 Å². The van der Waals surface area contributed by atoms with Crippen LogP contribution >= 0.6 is 0 Å². The molecule has 1 aliphatic rings. The van der Waals surface area contributed by atoms with Gasteiger partial charge in [0.05, 0.1) is 24.2 Å². The lowest BCUT2D eigenvalue weighted by Gasteiger charge is -2.26. The molecule has 3 rings (SSSR count). The number of hydrogen-bond donors (Lipinski definition) is 1. The fourth-order valence-corrected chi connectivity index (χ4v) is 5.39. The molecule has 0 saturated heterocycles. The first-order chi connectivity index (χ1) is 13.7. The number of aryl methyl sites for hydroxylation is 1. The smallest absolute Gasteiger partial charge is 0.246 e. The lowest BCUT2D eigenvalue weighted by Crippen LogP contribution is -2.39. The topological polar surface area (TPSA) is 97.4 Å². The number of hydrogen-bond acceptors (Lipinski definition) is 5. The number of aromatic nitrogens is 2. The molecule has 0 spiro atoms. The van der Waals surface area contributed by atoms with Gasteiger partial charge in [-0.3, -0.25) is 9.48 Å². The van der Waals surface area contributed by atoms with Crippen LogP contribution in [0.25, 0.3) is 0 Å². The summed E-state index contributed by atoms with van der Waals surface area (Å²) in [6, 6.07) is 3.64. The Bertz CT molecular complexity index is 942. The summed E-state index contributed by atoms with van der Waals surface area (Å²) >= 11 is 0. The van der Waals surface area contributed by atoms with Gasteiger partial charge >= 0.3 is 0 Å². The van der Waals surface area contributed by atoms with Crippen LogP contribution < -0.4 is 5.32 Å². The summed E-state index contributed by atoms with van der Waals surface area (Å²) in [5, 5.41) is 7.39. The molecule has 0 atom stereocenters. The second kappa shape index (κ2) is 8.71. The fraction of sp³-hybridized carbons (Fsp3) is 0.600. The molecule has 0 bridgehead atoms.